The van der Waals surface area contributed by atoms with Crippen LogP contribution in [0.4, 0.5) is 0 Å². The van der Waals surface area contributed by atoms with E-state index in [4.69, 9.17) is 4.42 Å². The minimum absolute atomic E-state index is 0.0983. The second-order valence-electron chi connectivity index (χ2n) is 5.47. The number of amides is 1. The number of carbonyl (C=O) groups is 1. The molecule has 4 rings (SSSR count). The molecule has 2 saturated heterocycles. The molecule has 2 aliphatic heterocycles. The Morgan fingerprint density at radius 2 is 2.21 bits per heavy atom. The normalized spacial score (nSPS) is 26.0. The first-order chi connectivity index (χ1) is 9.33. The summed E-state index contributed by atoms with van der Waals surface area (Å²) >= 11 is 0. The molecule has 2 fully saturated rings. The second-order valence-corrected chi connectivity index (χ2v) is 5.47. The van der Waals surface area contributed by atoms with E-state index in [-0.39, 0.29) is 5.91 Å². The molecule has 2 aromatic rings. The maximum Gasteiger partial charge on any atom is 0.257 e. The van der Waals surface area contributed by atoms with Gasteiger partial charge in [0.2, 0.25) is 0 Å². The Kier molecular flexibility index (Phi) is 2.38. The van der Waals surface area contributed by atoms with E-state index < -0.39 is 0 Å². The maximum atomic E-state index is 12.6. The van der Waals surface area contributed by atoms with Gasteiger partial charge in [0.25, 0.3) is 5.91 Å². The fraction of sp³-hybridized carbons (Fsp3) is 0.400. The molecule has 1 amide bonds. The number of rotatable bonds is 1. The second kappa shape index (κ2) is 4.10. The van der Waals surface area contributed by atoms with Gasteiger partial charge in [-0.15, -0.1) is 0 Å². The van der Waals surface area contributed by atoms with Gasteiger partial charge in [-0.1, -0.05) is 18.2 Å². The van der Waals surface area contributed by atoms with E-state index in [2.05, 4.69) is 5.32 Å². The number of likely N-dealkylation sites (tertiary alicyclic amines) is 1. The minimum atomic E-state index is 0.0983. The van der Waals surface area contributed by atoms with E-state index in [1.165, 1.54) is 6.42 Å². The number of nitrogens with one attached hydrogen (secondary N) is 1. The van der Waals surface area contributed by atoms with E-state index in [1.54, 1.807) is 6.26 Å². The fourth-order valence-electron chi connectivity index (χ4n) is 3.33. The van der Waals surface area contributed by atoms with Crippen LogP contribution in [0.25, 0.3) is 11.0 Å². The molecule has 4 nitrogen and oxygen atoms in total. The lowest BCUT2D eigenvalue weighted by Gasteiger charge is -2.16. The maximum absolute atomic E-state index is 12.6. The molecule has 19 heavy (non-hydrogen) atoms. The molecule has 4 heteroatoms. The molecule has 3 heterocycles. The average Bonchev–Trinajstić information content (AvgIpc) is 3.11. The molecule has 1 N–H and O–H groups in total. The molecular weight excluding hydrogens is 240 g/mol. The number of nitrogens with zero attached hydrogens (tertiary/aromatic N) is 1. The molecular formula is C15H16N2O2. The van der Waals surface area contributed by atoms with E-state index in [0.29, 0.717) is 17.5 Å². The molecule has 98 valence electrons. The quantitative estimate of drug-likeness (QED) is 0.847. The van der Waals surface area contributed by atoms with Crippen LogP contribution < -0.4 is 5.32 Å². The van der Waals surface area contributed by atoms with Crippen LogP contribution in [0.3, 0.4) is 0 Å². The number of para-hydroxylation sites is 1. The largest absolute Gasteiger partial charge is 0.463 e. The lowest BCUT2D eigenvalue weighted by Crippen LogP contribution is -2.33. The van der Waals surface area contributed by atoms with Gasteiger partial charge in [-0.05, 0) is 24.9 Å². The summed E-state index contributed by atoms with van der Waals surface area (Å²) in [7, 11) is 0. The van der Waals surface area contributed by atoms with Crippen molar-refractivity contribution in [2.75, 3.05) is 19.6 Å². The first kappa shape index (κ1) is 11.1. The number of hydrogen-bond acceptors (Lipinski definition) is 3. The summed E-state index contributed by atoms with van der Waals surface area (Å²) in [5.41, 5.74) is 1.47. The zero-order chi connectivity index (χ0) is 12.8. The zero-order valence-corrected chi connectivity index (χ0v) is 10.6. The molecule has 1 aromatic carbocycles. The Hall–Kier alpha value is -1.81. The summed E-state index contributed by atoms with van der Waals surface area (Å²) in [5, 5.41) is 4.38. The highest BCUT2D eigenvalue weighted by Gasteiger charge is 2.38. The SMILES string of the molecule is O=C(c1coc2ccccc12)N1C[C@@H]2CCN[C@@H]2C1. The predicted octanol–water partition coefficient (Wildman–Crippen LogP) is 1.87. The third-order valence-electron chi connectivity index (χ3n) is 4.36. The summed E-state index contributed by atoms with van der Waals surface area (Å²) in [6.45, 7) is 2.78. The van der Waals surface area contributed by atoms with Gasteiger partial charge in [-0.25, -0.2) is 0 Å². The van der Waals surface area contributed by atoms with Gasteiger partial charge < -0.3 is 14.6 Å². The predicted molar refractivity (Wildman–Crippen MR) is 72.0 cm³/mol. The molecule has 1 aromatic heterocycles. The lowest BCUT2D eigenvalue weighted by molar-refractivity contribution is 0.0783. The lowest BCUT2D eigenvalue weighted by atomic mass is 10.1. The van der Waals surface area contributed by atoms with Crippen molar-refractivity contribution in [3.05, 3.63) is 36.1 Å². The van der Waals surface area contributed by atoms with Gasteiger partial charge >= 0.3 is 0 Å². The number of fused-ring (bicyclic) bond motifs is 2. The van der Waals surface area contributed by atoms with E-state index in [1.807, 2.05) is 29.2 Å². The van der Waals surface area contributed by atoms with E-state index >= 15 is 0 Å². The van der Waals surface area contributed by atoms with Crippen LogP contribution >= 0.6 is 0 Å². The number of hydrogen-bond donors (Lipinski definition) is 1. The van der Waals surface area contributed by atoms with E-state index in [9.17, 15) is 4.79 Å². The van der Waals surface area contributed by atoms with Crippen molar-refractivity contribution >= 4 is 16.9 Å². The van der Waals surface area contributed by atoms with Crippen LogP contribution in [0, 0.1) is 5.92 Å². The van der Waals surface area contributed by atoms with Gasteiger partial charge in [0.05, 0.1) is 5.56 Å². The van der Waals surface area contributed by atoms with Gasteiger partial charge in [-0.2, -0.15) is 0 Å². The summed E-state index contributed by atoms with van der Waals surface area (Å²) in [6, 6.07) is 8.19. The Labute approximate surface area is 111 Å². The fourth-order valence-corrected chi connectivity index (χ4v) is 3.33. The summed E-state index contributed by atoms with van der Waals surface area (Å²) in [4.78, 5) is 14.5. The summed E-state index contributed by atoms with van der Waals surface area (Å²) < 4.78 is 5.46. The number of furan rings is 1. The first-order valence-corrected chi connectivity index (χ1v) is 6.82. The molecule has 0 aliphatic carbocycles. The van der Waals surface area contributed by atoms with Gasteiger partial charge in [-0.3, -0.25) is 4.79 Å². The van der Waals surface area contributed by atoms with Gasteiger partial charge in [0, 0.05) is 24.5 Å². The number of benzene rings is 1. The first-order valence-electron chi connectivity index (χ1n) is 6.82. The average molecular weight is 256 g/mol. The molecule has 2 aliphatic rings. The van der Waals surface area contributed by atoms with Crippen molar-refractivity contribution in [3.63, 3.8) is 0 Å². The third-order valence-corrected chi connectivity index (χ3v) is 4.36. The van der Waals surface area contributed by atoms with Crippen LogP contribution in [0.15, 0.2) is 34.9 Å². The highest BCUT2D eigenvalue weighted by molar-refractivity contribution is 6.06. The highest BCUT2D eigenvalue weighted by atomic mass is 16.3. The smallest absolute Gasteiger partial charge is 0.257 e. The van der Waals surface area contributed by atoms with Crippen LogP contribution in [0.5, 0.6) is 0 Å². The zero-order valence-electron chi connectivity index (χ0n) is 10.6. The Bertz CT molecular complexity index is 622. The molecule has 0 bridgehead atoms. The third kappa shape index (κ3) is 1.67. The van der Waals surface area contributed by atoms with E-state index in [0.717, 1.165) is 30.6 Å². The van der Waals surface area contributed by atoms with Crippen molar-refractivity contribution in [2.24, 2.45) is 5.92 Å². The monoisotopic (exact) mass is 256 g/mol. The molecule has 2 atom stereocenters. The topological polar surface area (TPSA) is 45.5 Å². The molecule has 0 saturated carbocycles. The standard InChI is InChI=1S/C15H16N2O2/c18-15(17-7-10-5-6-16-13(10)8-17)12-9-19-14-4-2-1-3-11(12)14/h1-4,9-10,13,16H,5-8H2/t10-,13+/m0/s1. The van der Waals surface area contributed by atoms with Crippen LogP contribution in [0.1, 0.15) is 16.8 Å². The number of carbonyl (C=O) groups excluding carboxylic acids is 1. The van der Waals surface area contributed by atoms with Crippen molar-refractivity contribution < 1.29 is 9.21 Å². The van der Waals surface area contributed by atoms with Crippen molar-refractivity contribution in [1.82, 2.24) is 10.2 Å². The molecule has 0 unspecified atom stereocenters. The molecule has 0 spiro atoms. The van der Waals surface area contributed by atoms with Crippen LogP contribution in [-0.2, 0) is 0 Å². The highest BCUT2D eigenvalue weighted by Crippen LogP contribution is 2.28. The Morgan fingerprint density at radius 3 is 3.11 bits per heavy atom. The van der Waals surface area contributed by atoms with Crippen molar-refractivity contribution in [3.8, 4) is 0 Å². The molecule has 0 radical (unpaired) electrons. The van der Waals surface area contributed by atoms with Gasteiger partial charge in [0.1, 0.15) is 11.8 Å². The Balaban J connectivity index is 1.64. The van der Waals surface area contributed by atoms with Crippen molar-refractivity contribution in [2.45, 2.75) is 12.5 Å². The van der Waals surface area contributed by atoms with Gasteiger partial charge in [0.15, 0.2) is 0 Å². The minimum Gasteiger partial charge on any atom is -0.463 e. The summed E-state index contributed by atoms with van der Waals surface area (Å²) in [5.74, 6) is 0.725. The van der Waals surface area contributed by atoms with Crippen LogP contribution in [-0.4, -0.2) is 36.5 Å². The van der Waals surface area contributed by atoms with Crippen LogP contribution in [0.2, 0.25) is 0 Å². The Morgan fingerprint density at radius 1 is 1.32 bits per heavy atom. The van der Waals surface area contributed by atoms with Crippen molar-refractivity contribution in [1.29, 1.82) is 0 Å². The summed E-state index contributed by atoms with van der Waals surface area (Å²) in [6.07, 6.45) is 2.77.